The summed E-state index contributed by atoms with van der Waals surface area (Å²) in [6.45, 7) is 2.00. The van der Waals surface area contributed by atoms with Crippen LogP contribution in [0, 0.1) is 17.0 Å². The van der Waals surface area contributed by atoms with Crippen molar-refractivity contribution in [1.82, 2.24) is 15.0 Å². The lowest BCUT2D eigenvalue weighted by Gasteiger charge is -2.03. The van der Waals surface area contributed by atoms with Crippen molar-refractivity contribution in [3.05, 3.63) is 64.3 Å². The molecule has 0 unspecified atom stereocenters. The minimum atomic E-state index is -0.456. The van der Waals surface area contributed by atoms with Crippen molar-refractivity contribution in [1.29, 1.82) is 0 Å². The van der Waals surface area contributed by atoms with E-state index in [1.807, 2.05) is 31.2 Å². The Morgan fingerprint density at radius 1 is 1.17 bits per heavy atom. The number of hydrogen-bond acceptors (Lipinski definition) is 5. The van der Waals surface area contributed by atoms with Gasteiger partial charge in [0, 0.05) is 0 Å². The molecule has 7 nitrogen and oxygen atoms in total. The number of methoxy groups -OCH3 is 1. The molecule has 0 bridgehead atoms. The Bertz CT molecular complexity index is 856. The monoisotopic (exact) mass is 310 g/mol. The maximum absolute atomic E-state index is 11.3. The number of ether oxygens (including phenoxy) is 1. The van der Waals surface area contributed by atoms with Gasteiger partial charge in [-0.05, 0) is 31.2 Å². The molecule has 1 aromatic heterocycles. The molecule has 0 amide bonds. The second kappa shape index (κ2) is 5.88. The maximum Gasteiger partial charge on any atom is 0.282 e. The van der Waals surface area contributed by atoms with Gasteiger partial charge < -0.3 is 4.74 Å². The predicted octanol–water partition coefficient (Wildman–Crippen LogP) is 3.16. The normalized spacial score (nSPS) is 10.5. The molecule has 0 saturated heterocycles. The van der Waals surface area contributed by atoms with Crippen LogP contribution in [0.25, 0.3) is 16.9 Å². The fraction of sp³-hybridized carbons (Fsp3) is 0.125. The summed E-state index contributed by atoms with van der Waals surface area (Å²) in [4.78, 5) is 10.8. The third-order valence-corrected chi connectivity index (χ3v) is 3.47. The standard InChI is InChI=1S/C16H14N4O3/c1-11-3-5-12(6-4-11)19-10-15(17-18-19)14-8-7-13(23-2)9-16(14)20(21)22/h3-10H,1-2H3. The first-order chi connectivity index (χ1) is 11.1. The van der Waals surface area contributed by atoms with Gasteiger partial charge >= 0.3 is 0 Å². The molecule has 0 aliphatic rings. The zero-order valence-corrected chi connectivity index (χ0v) is 12.6. The molecule has 0 saturated carbocycles. The molecule has 0 radical (unpaired) electrons. The number of rotatable bonds is 4. The SMILES string of the molecule is COc1ccc(-c2cn(-c3ccc(C)cc3)nn2)c([N+](=O)[O-])c1. The highest BCUT2D eigenvalue weighted by molar-refractivity contribution is 5.71. The molecule has 0 aliphatic carbocycles. The predicted molar refractivity (Wildman–Crippen MR) is 84.7 cm³/mol. The second-order valence-electron chi connectivity index (χ2n) is 5.02. The molecule has 116 valence electrons. The van der Waals surface area contributed by atoms with Crippen LogP contribution < -0.4 is 4.74 Å². The summed E-state index contributed by atoms with van der Waals surface area (Å²) in [5.41, 5.74) is 2.74. The molecule has 7 heteroatoms. The zero-order chi connectivity index (χ0) is 16.4. The lowest BCUT2D eigenvalue weighted by molar-refractivity contribution is -0.384. The van der Waals surface area contributed by atoms with Crippen LogP contribution in [0.3, 0.4) is 0 Å². The van der Waals surface area contributed by atoms with Gasteiger partial charge in [-0.25, -0.2) is 4.68 Å². The van der Waals surface area contributed by atoms with Crippen molar-refractivity contribution in [2.45, 2.75) is 6.92 Å². The van der Waals surface area contributed by atoms with E-state index in [9.17, 15) is 10.1 Å². The van der Waals surface area contributed by atoms with E-state index in [-0.39, 0.29) is 5.69 Å². The molecule has 0 N–H and O–H groups in total. The Labute approximate surface area is 132 Å². The van der Waals surface area contributed by atoms with E-state index in [1.54, 1.807) is 23.0 Å². The highest BCUT2D eigenvalue weighted by atomic mass is 16.6. The van der Waals surface area contributed by atoms with Gasteiger partial charge in [0.25, 0.3) is 5.69 Å². The van der Waals surface area contributed by atoms with Crippen LogP contribution in [0.5, 0.6) is 5.75 Å². The van der Waals surface area contributed by atoms with E-state index in [0.717, 1.165) is 11.3 Å². The fourth-order valence-corrected chi connectivity index (χ4v) is 2.22. The van der Waals surface area contributed by atoms with Gasteiger partial charge in [0.1, 0.15) is 11.4 Å². The van der Waals surface area contributed by atoms with Crippen LogP contribution in [0.1, 0.15) is 5.56 Å². The summed E-state index contributed by atoms with van der Waals surface area (Å²) in [5, 5.41) is 19.4. The van der Waals surface area contributed by atoms with Gasteiger partial charge in [-0.2, -0.15) is 0 Å². The second-order valence-corrected chi connectivity index (χ2v) is 5.02. The van der Waals surface area contributed by atoms with Gasteiger partial charge in [-0.1, -0.05) is 22.9 Å². The Morgan fingerprint density at radius 3 is 2.57 bits per heavy atom. The molecule has 3 rings (SSSR count). The largest absolute Gasteiger partial charge is 0.497 e. The first-order valence-corrected chi connectivity index (χ1v) is 6.90. The highest BCUT2D eigenvalue weighted by Gasteiger charge is 2.19. The van der Waals surface area contributed by atoms with Gasteiger partial charge in [-0.3, -0.25) is 10.1 Å². The van der Waals surface area contributed by atoms with Gasteiger partial charge in [0.05, 0.1) is 35.5 Å². The lowest BCUT2D eigenvalue weighted by Crippen LogP contribution is -1.94. The van der Waals surface area contributed by atoms with Crippen molar-refractivity contribution in [3.63, 3.8) is 0 Å². The van der Waals surface area contributed by atoms with Crippen LogP contribution >= 0.6 is 0 Å². The highest BCUT2D eigenvalue weighted by Crippen LogP contribution is 2.32. The third kappa shape index (κ3) is 2.89. The molecule has 2 aromatic carbocycles. The van der Waals surface area contributed by atoms with E-state index in [4.69, 9.17) is 4.74 Å². The maximum atomic E-state index is 11.3. The van der Waals surface area contributed by atoms with Crippen LogP contribution in [-0.4, -0.2) is 27.0 Å². The number of aromatic nitrogens is 3. The first kappa shape index (κ1) is 14.7. The number of hydrogen-bond donors (Lipinski definition) is 0. The molecule has 0 aliphatic heterocycles. The van der Waals surface area contributed by atoms with Crippen molar-refractivity contribution in [2.75, 3.05) is 7.11 Å². The molecule has 0 atom stereocenters. The molecular formula is C16H14N4O3. The van der Waals surface area contributed by atoms with Crippen LogP contribution in [-0.2, 0) is 0 Å². The Morgan fingerprint density at radius 2 is 1.91 bits per heavy atom. The van der Waals surface area contributed by atoms with Crippen LogP contribution in [0.4, 0.5) is 5.69 Å². The van der Waals surface area contributed by atoms with Gasteiger partial charge in [-0.15, -0.1) is 5.10 Å². The van der Waals surface area contributed by atoms with E-state index >= 15 is 0 Å². The molecule has 0 fully saturated rings. The number of benzene rings is 2. The van der Waals surface area contributed by atoms with Gasteiger partial charge in [0.15, 0.2) is 0 Å². The average molecular weight is 310 g/mol. The summed E-state index contributed by atoms with van der Waals surface area (Å²) >= 11 is 0. The summed E-state index contributed by atoms with van der Waals surface area (Å²) < 4.78 is 6.62. The van der Waals surface area contributed by atoms with Crippen molar-refractivity contribution in [2.24, 2.45) is 0 Å². The first-order valence-electron chi connectivity index (χ1n) is 6.90. The van der Waals surface area contributed by atoms with E-state index < -0.39 is 4.92 Å². The summed E-state index contributed by atoms with van der Waals surface area (Å²) in [6, 6.07) is 12.4. The van der Waals surface area contributed by atoms with E-state index in [1.165, 1.54) is 13.2 Å². The topological polar surface area (TPSA) is 83.1 Å². The fourth-order valence-electron chi connectivity index (χ4n) is 2.22. The average Bonchev–Trinajstić information content (AvgIpc) is 3.04. The zero-order valence-electron chi connectivity index (χ0n) is 12.6. The number of aryl methyl sites for hydroxylation is 1. The summed E-state index contributed by atoms with van der Waals surface area (Å²) in [5.74, 6) is 0.423. The minimum Gasteiger partial charge on any atom is -0.497 e. The van der Waals surface area contributed by atoms with Crippen molar-refractivity contribution < 1.29 is 9.66 Å². The van der Waals surface area contributed by atoms with E-state index in [2.05, 4.69) is 10.3 Å². The quantitative estimate of drug-likeness (QED) is 0.546. The smallest absolute Gasteiger partial charge is 0.282 e. The van der Waals surface area contributed by atoms with Crippen molar-refractivity contribution >= 4 is 5.69 Å². The van der Waals surface area contributed by atoms with Crippen molar-refractivity contribution in [3.8, 4) is 22.7 Å². The summed E-state index contributed by atoms with van der Waals surface area (Å²) in [7, 11) is 1.46. The van der Waals surface area contributed by atoms with E-state index in [0.29, 0.717) is 17.0 Å². The molecule has 0 spiro atoms. The van der Waals surface area contributed by atoms with Gasteiger partial charge in [0.2, 0.25) is 0 Å². The lowest BCUT2D eigenvalue weighted by atomic mass is 10.1. The van der Waals surface area contributed by atoms with Crippen LogP contribution in [0.15, 0.2) is 48.7 Å². The molecule has 3 aromatic rings. The molecular weight excluding hydrogens is 296 g/mol. The van der Waals surface area contributed by atoms with Crippen LogP contribution in [0.2, 0.25) is 0 Å². The number of nitro benzene ring substituents is 1. The molecule has 1 heterocycles. The Hall–Kier alpha value is -3.22. The third-order valence-electron chi connectivity index (χ3n) is 3.47. The summed E-state index contributed by atoms with van der Waals surface area (Å²) in [6.07, 6.45) is 1.67. The number of nitro groups is 1. The molecule has 23 heavy (non-hydrogen) atoms. The Balaban J connectivity index is 2.03. The minimum absolute atomic E-state index is 0.0692. The number of nitrogens with zero attached hydrogens (tertiary/aromatic N) is 4. The Kier molecular flexibility index (Phi) is 3.76.